The molecule has 0 aromatic carbocycles. The van der Waals surface area contributed by atoms with Crippen LogP contribution in [-0.2, 0) is 11.3 Å². The summed E-state index contributed by atoms with van der Waals surface area (Å²) in [4.78, 5) is 11.6. The fraction of sp³-hybridized carbons (Fsp3) is 0.250. The smallest absolute Gasteiger partial charge is 0.237 e. The fourth-order valence-electron chi connectivity index (χ4n) is 1.60. The molecule has 2 aromatic rings. The second-order valence-corrected chi connectivity index (χ2v) is 3.89. The molecular weight excluding hydrogens is 230 g/mol. The Bertz CT molecular complexity index is 562. The largest absolute Gasteiger partial charge is 0.347 e. The summed E-state index contributed by atoms with van der Waals surface area (Å²) >= 11 is 0. The number of aromatic nitrogens is 3. The highest BCUT2D eigenvalue weighted by Gasteiger charge is 2.12. The Morgan fingerprint density at radius 1 is 1.56 bits per heavy atom. The standard InChI is InChI=1S/C12H15N5O/c1-2-5-9(13)12(18)14-8-11-16-15-10-6-3-4-7-17(10)11/h2-4,6-7,9H,1,5,8,13H2,(H,14,18). The summed E-state index contributed by atoms with van der Waals surface area (Å²) < 4.78 is 1.82. The van der Waals surface area contributed by atoms with Gasteiger partial charge in [0.1, 0.15) is 0 Å². The van der Waals surface area contributed by atoms with Gasteiger partial charge in [0.2, 0.25) is 5.91 Å². The molecule has 1 amide bonds. The number of carbonyl (C=O) groups is 1. The van der Waals surface area contributed by atoms with Gasteiger partial charge in [-0.15, -0.1) is 16.8 Å². The number of nitrogens with two attached hydrogens (primary N) is 1. The Balaban J connectivity index is 2.02. The van der Waals surface area contributed by atoms with Gasteiger partial charge in [0.25, 0.3) is 0 Å². The summed E-state index contributed by atoms with van der Waals surface area (Å²) in [6, 6.07) is 5.04. The van der Waals surface area contributed by atoms with Crippen LogP contribution < -0.4 is 11.1 Å². The van der Waals surface area contributed by atoms with Crippen molar-refractivity contribution in [1.82, 2.24) is 19.9 Å². The van der Waals surface area contributed by atoms with Crippen molar-refractivity contribution in [2.75, 3.05) is 0 Å². The minimum atomic E-state index is -0.568. The van der Waals surface area contributed by atoms with Crippen LogP contribution in [0.3, 0.4) is 0 Å². The molecule has 0 aliphatic heterocycles. The minimum Gasteiger partial charge on any atom is -0.347 e. The van der Waals surface area contributed by atoms with Gasteiger partial charge in [-0.1, -0.05) is 12.1 Å². The zero-order valence-electron chi connectivity index (χ0n) is 9.91. The monoisotopic (exact) mass is 245 g/mol. The molecule has 0 aliphatic carbocycles. The van der Waals surface area contributed by atoms with Gasteiger partial charge >= 0.3 is 0 Å². The third kappa shape index (κ3) is 2.54. The van der Waals surface area contributed by atoms with E-state index in [1.165, 1.54) is 0 Å². The Labute approximate surface area is 105 Å². The first-order chi connectivity index (χ1) is 8.72. The summed E-state index contributed by atoms with van der Waals surface area (Å²) in [5.74, 6) is 0.451. The molecule has 0 aliphatic rings. The highest BCUT2D eigenvalue weighted by molar-refractivity contribution is 5.81. The first kappa shape index (κ1) is 12.3. The van der Waals surface area contributed by atoms with E-state index in [0.29, 0.717) is 18.8 Å². The van der Waals surface area contributed by atoms with Gasteiger partial charge < -0.3 is 11.1 Å². The molecule has 2 heterocycles. The first-order valence-electron chi connectivity index (χ1n) is 5.65. The molecular formula is C12H15N5O. The molecule has 0 bridgehead atoms. The zero-order valence-corrected chi connectivity index (χ0v) is 9.91. The van der Waals surface area contributed by atoms with Crippen molar-refractivity contribution < 1.29 is 4.79 Å². The van der Waals surface area contributed by atoms with Crippen LogP contribution in [0.5, 0.6) is 0 Å². The number of amides is 1. The van der Waals surface area contributed by atoms with E-state index in [0.717, 1.165) is 5.65 Å². The molecule has 0 spiro atoms. The number of fused-ring (bicyclic) bond motifs is 1. The van der Waals surface area contributed by atoms with Crippen LogP contribution in [0.4, 0.5) is 0 Å². The molecule has 6 heteroatoms. The lowest BCUT2D eigenvalue weighted by Gasteiger charge is -2.09. The quantitative estimate of drug-likeness (QED) is 0.739. The van der Waals surface area contributed by atoms with Crippen molar-refractivity contribution in [3.8, 4) is 0 Å². The van der Waals surface area contributed by atoms with Gasteiger partial charge in [-0.2, -0.15) is 0 Å². The van der Waals surface area contributed by atoms with Gasteiger partial charge in [0.15, 0.2) is 11.5 Å². The fourth-order valence-corrected chi connectivity index (χ4v) is 1.60. The SMILES string of the molecule is C=CCC(N)C(=O)NCc1nnc2ccccn12. The van der Waals surface area contributed by atoms with E-state index < -0.39 is 6.04 Å². The van der Waals surface area contributed by atoms with Crippen molar-refractivity contribution in [3.05, 3.63) is 42.9 Å². The Morgan fingerprint density at radius 3 is 3.17 bits per heavy atom. The minimum absolute atomic E-state index is 0.220. The third-order valence-corrected chi connectivity index (χ3v) is 2.56. The first-order valence-corrected chi connectivity index (χ1v) is 5.65. The highest BCUT2D eigenvalue weighted by Crippen LogP contribution is 2.02. The number of nitrogens with zero attached hydrogens (tertiary/aromatic N) is 3. The maximum Gasteiger partial charge on any atom is 0.237 e. The predicted molar refractivity (Wildman–Crippen MR) is 67.6 cm³/mol. The number of pyridine rings is 1. The molecule has 18 heavy (non-hydrogen) atoms. The van der Waals surface area contributed by atoms with Crippen LogP contribution in [0.2, 0.25) is 0 Å². The van der Waals surface area contributed by atoms with E-state index in [9.17, 15) is 4.79 Å². The molecule has 0 saturated heterocycles. The predicted octanol–water partition coefficient (Wildman–Crippen LogP) is 0.249. The molecule has 2 rings (SSSR count). The van der Waals surface area contributed by atoms with Crippen molar-refractivity contribution >= 4 is 11.6 Å². The second-order valence-electron chi connectivity index (χ2n) is 3.89. The maximum atomic E-state index is 11.6. The van der Waals surface area contributed by atoms with Crippen LogP contribution in [-0.4, -0.2) is 26.5 Å². The molecule has 2 aromatic heterocycles. The summed E-state index contributed by atoms with van der Waals surface area (Å²) in [6.07, 6.45) is 3.92. The van der Waals surface area contributed by atoms with Crippen molar-refractivity contribution in [2.24, 2.45) is 5.73 Å². The van der Waals surface area contributed by atoms with Crippen LogP contribution in [0.1, 0.15) is 12.2 Å². The van der Waals surface area contributed by atoms with Crippen molar-refractivity contribution in [1.29, 1.82) is 0 Å². The molecule has 1 unspecified atom stereocenters. The molecule has 1 atom stereocenters. The number of rotatable bonds is 5. The Morgan fingerprint density at radius 2 is 2.39 bits per heavy atom. The second kappa shape index (κ2) is 5.42. The molecule has 0 saturated carbocycles. The zero-order chi connectivity index (χ0) is 13.0. The van der Waals surface area contributed by atoms with Gasteiger partial charge in [-0.05, 0) is 18.6 Å². The van der Waals surface area contributed by atoms with E-state index in [-0.39, 0.29) is 5.91 Å². The molecule has 94 valence electrons. The van der Waals surface area contributed by atoms with Crippen molar-refractivity contribution in [2.45, 2.75) is 19.0 Å². The van der Waals surface area contributed by atoms with Gasteiger partial charge in [0.05, 0.1) is 12.6 Å². The van der Waals surface area contributed by atoms with Crippen LogP contribution in [0.25, 0.3) is 5.65 Å². The van der Waals surface area contributed by atoms with Gasteiger partial charge in [-0.3, -0.25) is 9.20 Å². The van der Waals surface area contributed by atoms with E-state index in [2.05, 4.69) is 22.1 Å². The molecule has 0 radical (unpaired) electrons. The van der Waals surface area contributed by atoms with Gasteiger partial charge in [-0.25, -0.2) is 0 Å². The van der Waals surface area contributed by atoms with E-state index in [1.54, 1.807) is 6.08 Å². The van der Waals surface area contributed by atoms with E-state index in [4.69, 9.17) is 5.73 Å². The van der Waals surface area contributed by atoms with Crippen LogP contribution in [0.15, 0.2) is 37.1 Å². The lowest BCUT2D eigenvalue weighted by atomic mass is 10.2. The molecule has 0 fully saturated rings. The van der Waals surface area contributed by atoms with E-state index in [1.807, 2.05) is 28.8 Å². The van der Waals surface area contributed by atoms with Gasteiger partial charge in [0, 0.05) is 6.20 Å². The molecule has 3 N–H and O–H groups in total. The number of carbonyl (C=O) groups excluding carboxylic acids is 1. The average Bonchev–Trinajstić information content (AvgIpc) is 2.79. The molecule has 6 nitrogen and oxygen atoms in total. The number of hydrogen-bond acceptors (Lipinski definition) is 4. The topological polar surface area (TPSA) is 85.3 Å². The third-order valence-electron chi connectivity index (χ3n) is 2.56. The summed E-state index contributed by atoms with van der Waals surface area (Å²) in [5.41, 5.74) is 6.40. The van der Waals surface area contributed by atoms with E-state index >= 15 is 0 Å². The maximum absolute atomic E-state index is 11.6. The Kier molecular flexibility index (Phi) is 3.69. The highest BCUT2D eigenvalue weighted by atomic mass is 16.2. The average molecular weight is 245 g/mol. The van der Waals surface area contributed by atoms with Crippen LogP contribution in [0, 0.1) is 0 Å². The lowest BCUT2D eigenvalue weighted by molar-refractivity contribution is -0.122. The summed E-state index contributed by atoms with van der Waals surface area (Å²) in [6.45, 7) is 3.85. The van der Waals surface area contributed by atoms with Crippen LogP contribution >= 0.6 is 0 Å². The normalized spacial score (nSPS) is 12.3. The Hall–Kier alpha value is -2.21. The lowest BCUT2D eigenvalue weighted by Crippen LogP contribution is -2.40. The summed E-state index contributed by atoms with van der Waals surface area (Å²) in [5, 5.41) is 10.7. The number of hydrogen-bond donors (Lipinski definition) is 2. The summed E-state index contributed by atoms with van der Waals surface area (Å²) in [7, 11) is 0. The van der Waals surface area contributed by atoms with Crippen molar-refractivity contribution in [3.63, 3.8) is 0 Å². The number of nitrogens with one attached hydrogen (secondary N) is 1.